The number of hydrogen-bond acceptors (Lipinski definition) is 6. The summed E-state index contributed by atoms with van der Waals surface area (Å²) in [5, 5.41) is 15.1. The number of carbonyl (C=O) groups excluding carboxylic acids is 3. The third-order valence-corrected chi connectivity index (χ3v) is 3.58. The highest BCUT2D eigenvalue weighted by Crippen LogP contribution is 2.15. The van der Waals surface area contributed by atoms with Crippen molar-refractivity contribution in [3.8, 4) is 0 Å². The molecule has 9 nitrogen and oxygen atoms in total. The van der Waals surface area contributed by atoms with Crippen molar-refractivity contribution in [1.82, 2.24) is 5.32 Å². The minimum absolute atomic E-state index is 0.0374. The first-order valence-corrected chi connectivity index (χ1v) is 8.15. The van der Waals surface area contributed by atoms with Gasteiger partial charge in [0, 0.05) is 23.8 Å². The summed E-state index contributed by atoms with van der Waals surface area (Å²) in [5.74, 6) is -4.41. The molecule has 2 N–H and O–H groups in total. The number of halogens is 2. The van der Waals surface area contributed by atoms with Gasteiger partial charge < -0.3 is 15.4 Å². The van der Waals surface area contributed by atoms with E-state index in [4.69, 9.17) is 4.74 Å². The average Bonchev–Trinajstić information content (AvgIpc) is 2.68. The van der Waals surface area contributed by atoms with Gasteiger partial charge in [0.15, 0.2) is 6.10 Å². The van der Waals surface area contributed by atoms with Gasteiger partial charge in [0.25, 0.3) is 17.5 Å². The van der Waals surface area contributed by atoms with Crippen LogP contribution in [0.4, 0.5) is 20.2 Å². The summed E-state index contributed by atoms with van der Waals surface area (Å²) in [6.45, 7) is 0.612. The first-order chi connectivity index (χ1) is 13.7. The molecule has 0 spiro atoms. The van der Waals surface area contributed by atoms with E-state index in [9.17, 15) is 33.3 Å². The molecule has 0 saturated carbocycles. The number of esters is 1. The molecule has 29 heavy (non-hydrogen) atoms. The smallest absolute Gasteiger partial charge is 0.326 e. The van der Waals surface area contributed by atoms with Crippen molar-refractivity contribution in [3.63, 3.8) is 0 Å². The molecule has 2 aromatic carbocycles. The van der Waals surface area contributed by atoms with E-state index in [-0.39, 0.29) is 16.9 Å². The first-order valence-electron chi connectivity index (χ1n) is 8.15. The Labute approximate surface area is 162 Å². The number of rotatable bonds is 7. The van der Waals surface area contributed by atoms with Crippen molar-refractivity contribution in [1.29, 1.82) is 0 Å². The molecule has 152 valence electrons. The summed E-state index contributed by atoms with van der Waals surface area (Å²) >= 11 is 0. The summed E-state index contributed by atoms with van der Waals surface area (Å²) in [4.78, 5) is 45.7. The topological polar surface area (TPSA) is 128 Å². The minimum atomic E-state index is -1.33. The number of ether oxygens (including phenoxy) is 1. The molecule has 0 aromatic heterocycles. The van der Waals surface area contributed by atoms with Crippen LogP contribution >= 0.6 is 0 Å². The Hall–Kier alpha value is -3.89. The van der Waals surface area contributed by atoms with E-state index < -0.39 is 47.0 Å². The van der Waals surface area contributed by atoms with Crippen LogP contribution in [0.25, 0.3) is 0 Å². The summed E-state index contributed by atoms with van der Waals surface area (Å²) in [6.07, 6.45) is -1.33. The first kappa shape index (κ1) is 21.4. The van der Waals surface area contributed by atoms with E-state index in [1.165, 1.54) is 25.1 Å². The van der Waals surface area contributed by atoms with Crippen LogP contribution in [0.15, 0.2) is 42.5 Å². The lowest BCUT2D eigenvalue weighted by Crippen LogP contribution is -2.36. The van der Waals surface area contributed by atoms with Crippen LogP contribution in [0.5, 0.6) is 0 Å². The molecule has 1 atom stereocenters. The molecule has 0 bridgehead atoms. The average molecular weight is 407 g/mol. The van der Waals surface area contributed by atoms with Gasteiger partial charge in [0.2, 0.25) is 0 Å². The highest BCUT2D eigenvalue weighted by molar-refractivity contribution is 5.97. The summed E-state index contributed by atoms with van der Waals surface area (Å²) < 4.78 is 31.2. The number of non-ortho nitro benzene ring substituents is 1. The Morgan fingerprint density at radius 2 is 1.90 bits per heavy atom. The number of nitro groups is 1. The van der Waals surface area contributed by atoms with Crippen molar-refractivity contribution in [2.75, 3.05) is 11.9 Å². The zero-order chi connectivity index (χ0) is 21.6. The molecule has 0 aliphatic carbocycles. The Kier molecular flexibility index (Phi) is 6.90. The Morgan fingerprint density at radius 3 is 2.55 bits per heavy atom. The molecule has 0 heterocycles. The lowest BCUT2D eigenvalue weighted by atomic mass is 10.2. The van der Waals surface area contributed by atoms with Crippen molar-refractivity contribution in [2.24, 2.45) is 0 Å². The fourth-order valence-corrected chi connectivity index (χ4v) is 2.13. The largest absolute Gasteiger partial charge is 0.451 e. The van der Waals surface area contributed by atoms with Crippen molar-refractivity contribution < 1.29 is 32.8 Å². The number of carbonyl (C=O) groups is 3. The van der Waals surface area contributed by atoms with E-state index in [0.717, 1.165) is 18.2 Å². The molecular formula is C18H15F2N3O6. The SMILES string of the molecule is CC(OC(=O)CNC(=O)c1cccc([N+](=O)[O-])c1)C(=O)Nc1ccc(F)cc1F. The van der Waals surface area contributed by atoms with Crippen molar-refractivity contribution in [3.05, 3.63) is 69.8 Å². The Balaban J connectivity index is 1.86. The van der Waals surface area contributed by atoms with Crippen molar-refractivity contribution >= 4 is 29.2 Å². The Morgan fingerprint density at radius 1 is 1.17 bits per heavy atom. The van der Waals surface area contributed by atoms with Gasteiger partial charge in [-0.25, -0.2) is 8.78 Å². The van der Waals surface area contributed by atoms with Gasteiger partial charge in [-0.1, -0.05) is 6.07 Å². The van der Waals surface area contributed by atoms with Crippen LogP contribution in [-0.4, -0.2) is 35.4 Å². The van der Waals surface area contributed by atoms with Gasteiger partial charge in [-0.05, 0) is 25.1 Å². The van der Waals surface area contributed by atoms with Gasteiger partial charge >= 0.3 is 5.97 Å². The van der Waals surface area contributed by atoms with Gasteiger partial charge in [-0.2, -0.15) is 0 Å². The maximum absolute atomic E-state index is 13.5. The molecule has 11 heteroatoms. The van der Waals surface area contributed by atoms with E-state index in [0.29, 0.717) is 6.07 Å². The molecule has 0 saturated heterocycles. The second-order valence-electron chi connectivity index (χ2n) is 5.74. The molecular weight excluding hydrogens is 392 g/mol. The number of anilines is 1. The fourth-order valence-electron chi connectivity index (χ4n) is 2.13. The van der Waals surface area contributed by atoms with Gasteiger partial charge in [-0.15, -0.1) is 0 Å². The van der Waals surface area contributed by atoms with Crippen LogP contribution in [0.1, 0.15) is 17.3 Å². The predicted molar refractivity (Wildman–Crippen MR) is 96.0 cm³/mol. The molecule has 1 unspecified atom stereocenters. The molecule has 2 aromatic rings. The fraction of sp³-hybridized carbons (Fsp3) is 0.167. The quantitative estimate of drug-likeness (QED) is 0.411. The molecule has 0 aliphatic heterocycles. The maximum Gasteiger partial charge on any atom is 0.326 e. The predicted octanol–water partition coefficient (Wildman–Crippen LogP) is 2.17. The number of nitro benzene ring substituents is 1. The van der Waals surface area contributed by atoms with Gasteiger partial charge in [0.05, 0.1) is 10.6 Å². The second kappa shape index (κ2) is 9.35. The van der Waals surface area contributed by atoms with Gasteiger partial charge in [-0.3, -0.25) is 24.5 Å². The van der Waals surface area contributed by atoms with Crippen LogP contribution < -0.4 is 10.6 Å². The van der Waals surface area contributed by atoms with Crippen LogP contribution in [0.2, 0.25) is 0 Å². The van der Waals surface area contributed by atoms with E-state index >= 15 is 0 Å². The summed E-state index contributed by atoms with van der Waals surface area (Å²) in [5.41, 5.74) is -0.624. The monoisotopic (exact) mass is 407 g/mol. The highest BCUT2D eigenvalue weighted by Gasteiger charge is 2.20. The zero-order valence-electron chi connectivity index (χ0n) is 15.0. The standard InChI is InChI=1S/C18H15F2N3O6/c1-10(17(25)22-15-6-5-12(19)8-14(15)20)29-16(24)9-21-18(26)11-3-2-4-13(7-11)23(27)28/h2-8,10H,9H2,1H3,(H,21,26)(H,22,25). The number of nitrogens with zero attached hydrogens (tertiary/aromatic N) is 1. The molecule has 0 radical (unpaired) electrons. The normalized spacial score (nSPS) is 11.3. The molecule has 0 fully saturated rings. The highest BCUT2D eigenvalue weighted by atomic mass is 19.1. The molecule has 2 rings (SSSR count). The zero-order valence-corrected chi connectivity index (χ0v) is 15.0. The number of nitrogens with one attached hydrogen (secondary N) is 2. The lowest BCUT2D eigenvalue weighted by molar-refractivity contribution is -0.384. The minimum Gasteiger partial charge on any atom is -0.451 e. The van der Waals surface area contributed by atoms with E-state index in [1.807, 2.05) is 0 Å². The summed E-state index contributed by atoms with van der Waals surface area (Å²) in [7, 11) is 0. The van der Waals surface area contributed by atoms with Gasteiger partial charge in [0.1, 0.15) is 18.2 Å². The Bertz CT molecular complexity index is 966. The molecule has 0 aliphatic rings. The number of amides is 2. The van der Waals surface area contributed by atoms with Crippen molar-refractivity contribution in [2.45, 2.75) is 13.0 Å². The van der Waals surface area contributed by atoms with Crippen LogP contribution in [-0.2, 0) is 14.3 Å². The lowest BCUT2D eigenvalue weighted by Gasteiger charge is -2.14. The second-order valence-corrected chi connectivity index (χ2v) is 5.74. The van der Waals surface area contributed by atoms with E-state index in [1.54, 1.807) is 0 Å². The third kappa shape index (κ3) is 6.06. The number of benzene rings is 2. The van der Waals surface area contributed by atoms with Crippen LogP contribution in [0.3, 0.4) is 0 Å². The molecule has 2 amide bonds. The number of hydrogen-bond donors (Lipinski definition) is 2. The summed E-state index contributed by atoms with van der Waals surface area (Å²) in [6, 6.07) is 7.40. The van der Waals surface area contributed by atoms with Crippen LogP contribution in [0, 0.1) is 21.7 Å². The third-order valence-electron chi connectivity index (χ3n) is 3.58. The van der Waals surface area contributed by atoms with E-state index in [2.05, 4.69) is 10.6 Å². The maximum atomic E-state index is 13.5.